The molecule has 2 rings (SSSR count). The third-order valence-corrected chi connectivity index (χ3v) is 4.12. The highest BCUT2D eigenvalue weighted by atomic mass is 32.2. The number of hydrogen-bond donors (Lipinski definition) is 2. The smallest absolute Gasteiger partial charge is 0.170 e. The fourth-order valence-corrected chi connectivity index (χ4v) is 2.93. The maximum atomic E-state index is 13.9. The topological polar surface area (TPSA) is 58.6 Å². The zero-order chi connectivity index (χ0) is 15.2. The van der Waals surface area contributed by atoms with Gasteiger partial charge in [-0.05, 0) is 24.1 Å². The molecule has 0 aliphatic heterocycles. The van der Waals surface area contributed by atoms with Crippen LogP contribution in [0.5, 0.6) is 0 Å². The normalized spacial score (nSPS) is 11.6. The number of amidine groups is 1. The van der Waals surface area contributed by atoms with Crippen LogP contribution >= 0.6 is 11.8 Å². The second-order valence-corrected chi connectivity index (χ2v) is 5.76. The molecule has 3 nitrogen and oxygen atoms in total. The second-order valence-electron chi connectivity index (χ2n) is 4.77. The fraction of sp³-hybridized carbons (Fsp3) is 0.188. The molecule has 2 aromatic rings. The zero-order valence-electron chi connectivity index (χ0n) is 11.7. The number of rotatable bonds is 5. The van der Waals surface area contributed by atoms with Crippen LogP contribution in [0, 0.1) is 12.7 Å². The van der Waals surface area contributed by atoms with Crippen molar-refractivity contribution in [1.82, 2.24) is 0 Å². The van der Waals surface area contributed by atoms with Gasteiger partial charge < -0.3 is 10.9 Å². The first kappa shape index (κ1) is 15.4. The highest BCUT2D eigenvalue weighted by molar-refractivity contribution is 7.97. The third kappa shape index (κ3) is 4.23. The predicted molar refractivity (Wildman–Crippen MR) is 85.1 cm³/mol. The van der Waals surface area contributed by atoms with Gasteiger partial charge in [-0.25, -0.2) is 4.39 Å². The summed E-state index contributed by atoms with van der Waals surface area (Å²) in [6.45, 7) is 2.06. The van der Waals surface area contributed by atoms with E-state index in [9.17, 15) is 4.39 Å². The maximum absolute atomic E-state index is 13.9. The van der Waals surface area contributed by atoms with Crippen LogP contribution in [-0.2, 0) is 11.5 Å². The molecule has 0 bridgehead atoms. The summed E-state index contributed by atoms with van der Waals surface area (Å²) in [7, 11) is 0. The molecule has 0 aromatic heterocycles. The third-order valence-electron chi connectivity index (χ3n) is 3.07. The van der Waals surface area contributed by atoms with Gasteiger partial charge in [0.25, 0.3) is 0 Å². The average molecular weight is 304 g/mol. The summed E-state index contributed by atoms with van der Waals surface area (Å²) in [6, 6.07) is 12.9. The van der Waals surface area contributed by atoms with Gasteiger partial charge in [-0.1, -0.05) is 47.1 Å². The first-order chi connectivity index (χ1) is 10.1. The molecule has 0 aliphatic carbocycles. The number of halogens is 1. The van der Waals surface area contributed by atoms with E-state index in [4.69, 9.17) is 10.9 Å². The van der Waals surface area contributed by atoms with E-state index in [1.54, 1.807) is 23.9 Å². The maximum Gasteiger partial charge on any atom is 0.170 e. The minimum absolute atomic E-state index is 0.0899. The Morgan fingerprint density at radius 2 is 2.05 bits per heavy atom. The first-order valence-corrected chi connectivity index (χ1v) is 7.65. The molecule has 21 heavy (non-hydrogen) atoms. The van der Waals surface area contributed by atoms with E-state index in [1.165, 1.54) is 17.2 Å². The Bertz CT molecular complexity index is 658. The standard InChI is InChI=1S/C16H17FN2OS/c1-11-3-2-4-12(7-11)9-21-10-14-6-5-13(8-15(14)17)16(18)19-20/h2-8,20H,9-10H2,1H3,(H2,18,19). The van der Waals surface area contributed by atoms with Crippen molar-refractivity contribution in [1.29, 1.82) is 0 Å². The van der Waals surface area contributed by atoms with E-state index in [1.807, 2.05) is 6.07 Å². The first-order valence-electron chi connectivity index (χ1n) is 6.50. The minimum Gasteiger partial charge on any atom is -0.409 e. The van der Waals surface area contributed by atoms with Crippen molar-refractivity contribution in [3.05, 3.63) is 70.5 Å². The number of nitrogens with two attached hydrogens (primary N) is 1. The van der Waals surface area contributed by atoms with Gasteiger partial charge in [0.15, 0.2) is 5.84 Å². The van der Waals surface area contributed by atoms with Crippen LogP contribution in [0.1, 0.15) is 22.3 Å². The van der Waals surface area contributed by atoms with Crippen molar-refractivity contribution in [3.8, 4) is 0 Å². The van der Waals surface area contributed by atoms with Crippen molar-refractivity contribution in [2.45, 2.75) is 18.4 Å². The van der Waals surface area contributed by atoms with E-state index in [2.05, 4.69) is 30.3 Å². The van der Waals surface area contributed by atoms with Gasteiger partial charge in [0, 0.05) is 17.1 Å². The number of aryl methyl sites for hydroxylation is 1. The molecule has 0 saturated carbocycles. The molecule has 110 valence electrons. The lowest BCUT2D eigenvalue weighted by Gasteiger charge is -2.06. The fourth-order valence-electron chi connectivity index (χ4n) is 1.96. The highest BCUT2D eigenvalue weighted by Gasteiger charge is 2.06. The predicted octanol–water partition coefficient (Wildman–Crippen LogP) is 3.66. The lowest BCUT2D eigenvalue weighted by Crippen LogP contribution is -2.13. The highest BCUT2D eigenvalue weighted by Crippen LogP contribution is 2.21. The van der Waals surface area contributed by atoms with E-state index in [0.717, 1.165) is 5.75 Å². The van der Waals surface area contributed by atoms with Gasteiger partial charge in [0.1, 0.15) is 5.82 Å². The molecule has 0 fully saturated rings. The van der Waals surface area contributed by atoms with Crippen LogP contribution in [0.3, 0.4) is 0 Å². The zero-order valence-corrected chi connectivity index (χ0v) is 12.5. The summed E-state index contributed by atoms with van der Waals surface area (Å²) in [5.74, 6) is 0.989. The number of oxime groups is 1. The molecule has 5 heteroatoms. The number of hydrogen-bond acceptors (Lipinski definition) is 3. The molecule has 0 spiro atoms. The van der Waals surface area contributed by atoms with Gasteiger partial charge in [0.2, 0.25) is 0 Å². The van der Waals surface area contributed by atoms with Crippen LogP contribution < -0.4 is 5.73 Å². The summed E-state index contributed by atoms with van der Waals surface area (Å²) >= 11 is 1.65. The average Bonchev–Trinajstić information content (AvgIpc) is 2.48. The molecular weight excluding hydrogens is 287 g/mol. The Morgan fingerprint density at radius 3 is 2.71 bits per heavy atom. The SMILES string of the molecule is Cc1cccc(CSCc2ccc(C(N)=NO)cc2F)c1. The van der Waals surface area contributed by atoms with E-state index in [0.29, 0.717) is 16.9 Å². The van der Waals surface area contributed by atoms with E-state index in [-0.39, 0.29) is 11.7 Å². The van der Waals surface area contributed by atoms with Crippen molar-refractivity contribution in [2.75, 3.05) is 0 Å². The Kier molecular flexibility index (Phi) is 5.22. The molecule has 3 N–H and O–H groups in total. The summed E-state index contributed by atoms with van der Waals surface area (Å²) in [5.41, 5.74) is 8.88. The second kappa shape index (κ2) is 7.13. The Hall–Kier alpha value is -2.01. The number of thioether (sulfide) groups is 1. The molecule has 0 aliphatic rings. The quantitative estimate of drug-likeness (QED) is 0.383. The van der Waals surface area contributed by atoms with Crippen LogP contribution in [0.15, 0.2) is 47.6 Å². The van der Waals surface area contributed by atoms with Crippen molar-refractivity contribution >= 4 is 17.6 Å². The van der Waals surface area contributed by atoms with Crippen molar-refractivity contribution in [3.63, 3.8) is 0 Å². The van der Waals surface area contributed by atoms with Crippen molar-refractivity contribution < 1.29 is 9.60 Å². The lowest BCUT2D eigenvalue weighted by molar-refractivity contribution is 0.318. The number of nitrogens with zero attached hydrogens (tertiary/aromatic N) is 1. The summed E-state index contributed by atoms with van der Waals surface area (Å²) < 4.78 is 13.9. The minimum atomic E-state index is -0.337. The molecular formula is C16H17FN2OS. The summed E-state index contributed by atoms with van der Waals surface area (Å²) in [6.07, 6.45) is 0. The van der Waals surface area contributed by atoms with Crippen LogP contribution in [0.25, 0.3) is 0 Å². The van der Waals surface area contributed by atoms with Gasteiger partial charge in [-0.2, -0.15) is 11.8 Å². The summed E-state index contributed by atoms with van der Waals surface area (Å²) in [5, 5.41) is 11.4. The molecule has 0 saturated heterocycles. The molecule has 0 atom stereocenters. The molecule has 0 amide bonds. The Balaban J connectivity index is 1.97. The van der Waals surface area contributed by atoms with Crippen LogP contribution in [0.4, 0.5) is 4.39 Å². The van der Waals surface area contributed by atoms with Gasteiger partial charge in [-0.3, -0.25) is 0 Å². The van der Waals surface area contributed by atoms with Crippen LogP contribution in [0.2, 0.25) is 0 Å². The molecule has 2 aromatic carbocycles. The lowest BCUT2D eigenvalue weighted by atomic mass is 10.1. The van der Waals surface area contributed by atoms with Gasteiger partial charge >= 0.3 is 0 Å². The monoisotopic (exact) mass is 304 g/mol. The molecule has 0 heterocycles. The van der Waals surface area contributed by atoms with Gasteiger partial charge in [-0.15, -0.1) is 0 Å². The largest absolute Gasteiger partial charge is 0.409 e. The Labute approximate surface area is 127 Å². The van der Waals surface area contributed by atoms with Crippen molar-refractivity contribution in [2.24, 2.45) is 10.9 Å². The Morgan fingerprint density at radius 1 is 1.24 bits per heavy atom. The van der Waals surface area contributed by atoms with E-state index >= 15 is 0 Å². The molecule has 0 unspecified atom stereocenters. The van der Waals surface area contributed by atoms with Crippen LogP contribution in [-0.4, -0.2) is 11.0 Å². The van der Waals surface area contributed by atoms with E-state index < -0.39 is 0 Å². The number of benzene rings is 2. The summed E-state index contributed by atoms with van der Waals surface area (Å²) in [4.78, 5) is 0. The van der Waals surface area contributed by atoms with Gasteiger partial charge in [0.05, 0.1) is 0 Å². The molecule has 0 radical (unpaired) electrons.